The maximum atomic E-state index is 12.6. The highest BCUT2D eigenvalue weighted by Crippen LogP contribution is 2.25. The number of carbonyl (C=O) groups excluding carboxylic acids is 1. The van der Waals surface area contributed by atoms with Crippen molar-refractivity contribution in [1.29, 1.82) is 0 Å². The average molecular weight is 418 g/mol. The van der Waals surface area contributed by atoms with Gasteiger partial charge in [0.2, 0.25) is 10.0 Å². The molecule has 0 saturated carbocycles. The molecule has 0 radical (unpaired) electrons. The maximum absolute atomic E-state index is 12.6. The minimum absolute atomic E-state index is 0.164. The number of hydrogen-bond donors (Lipinski definition) is 1. The molecule has 0 aliphatic carbocycles. The van der Waals surface area contributed by atoms with Crippen LogP contribution < -0.4 is 5.32 Å². The Morgan fingerprint density at radius 2 is 1.75 bits per heavy atom. The van der Waals surface area contributed by atoms with E-state index in [-0.39, 0.29) is 10.8 Å². The second-order valence-corrected chi connectivity index (χ2v) is 8.46. The van der Waals surface area contributed by atoms with Gasteiger partial charge in [-0.1, -0.05) is 25.4 Å². The van der Waals surface area contributed by atoms with Gasteiger partial charge in [0.05, 0.1) is 16.1 Å². The number of fused-ring (bicyclic) bond motifs is 1. The highest BCUT2D eigenvalue weighted by atomic mass is 35.5. The van der Waals surface area contributed by atoms with Crippen molar-refractivity contribution in [1.82, 2.24) is 9.29 Å². The Morgan fingerprint density at radius 1 is 1.07 bits per heavy atom. The molecule has 0 spiro atoms. The molecule has 0 aliphatic rings. The number of rotatable bonds is 6. The first kappa shape index (κ1) is 20.3. The molecular weight excluding hydrogens is 398 g/mol. The lowest BCUT2D eigenvalue weighted by atomic mass is 10.1. The highest BCUT2D eigenvalue weighted by Gasteiger charge is 2.21. The van der Waals surface area contributed by atoms with Gasteiger partial charge in [0.25, 0.3) is 5.91 Å². The Balaban J connectivity index is 1.85. The molecule has 0 aliphatic heterocycles. The van der Waals surface area contributed by atoms with Gasteiger partial charge >= 0.3 is 0 Å². The molecule has 3 rings (SSSR count). The van der Waals surface area contributed by atoms with E-state index in [1.165, 1.54) is 28.6 Å². The summed E-state index contributed by atoms with van der Waals surface area (Å²) in [7, 11) is -3.55. The fourth-order valence-electron chi connectivity index (χ4n) is 2.92. The summed E-state index contributed by atoms with van der Waals surface area (Å²) < 4.78 is 26.5. The van der Waals surface area contributed by atoms with Crippen molar-refractivity contribution in [2.45, 2.75) is 18.7 Å². The highest BCUT2D eigenvalue weighted by molar-refractivity contribution is 7.89. The van der Waals surface area contributed by atoms with Gasteiger partial charge in [0.1, 0.15) is 0 Å². The number of hydrogen-bond acceptors (Lipinski definition) is 4. The first-order chi connectivity index (χ1) is 13.4. The van der Waals surface area contributed by atoms with Crippen LogP contribution in [0.15, 0.2) is 59.6 Å². The molecule has 0 unspecified atom stereocenters. The molecule has 28 heavy (non-hydrogen) atoms. The van der Waals surface area contributed by atoms with Crippen LogP contribution in [-0.4, -0.2) is 36.7 Å². The summed E-state index contributed by atoms with van der Waals surface area (Å²) in [6, 6.07) is 12.9. The second kappa shape index (κ2) is 8.26. The van der Waals surface area contributed by atoms with Gasteiger partial charge < -0.3 is 5.32 Å². The molecule has 6 nitrogen and oxygen atoms in total. The normalized spacial score (nSPS) is 11.7. The second-order valence-electron chi connectivity index (χ2n) is 6.09. The molecule has 1 amide bonds. The van der Waals surface area contributed by atoms with E-state index in [2.05, 4.69) is 10.3 Å². The van der Waals surface area contributed by atoms with Crippen LogP contribution in [0.4, 0.5) is 5.69 Å². The van der Waals surface area contributed by atoms with E-state index in [0.717, 1.165) is 5.39 Å². The third-order valence-electron chi connectivity index (χ3n) is 4.41. The molecule has 146 valence electrons. The number of pyridine rings is 1. The number of halogens is 1. The number of amides is 1. The molecule has 0 atom stereocenters. The van der Waals surface area contributed by atoms with Crippen molar-refractivity contribution in [2.24, 2.45) is 0 Å². The van der Waals surface area contributed by atoms with Gasteiger partial charge in [0.15, 0.2) is 0 Å². The van der Waals surface area contributed by atoms with Gasteiger partial charge in [-0.2, -0.15) is 4.31 Å². The lowest BCUT2D eigenvalue weighted by Crippen LogP contribution is -2.30. The SMILES string of the molecule is CCN(CC)S(=O)(=O)c1ccc(C(=O)Nc2ccnc3cc(Cl)ccc23)cc1. The minimum atomic E-state index is -3.55. The summed E-state index contributed by atoms with van der Waals surface area (Å²) in [5.41, 5.74) is 1.63. The molecular formula is C20H20ClN3O3S. The zero-order valence-electron chi connectivity index (χ0n) is 15.5. The van der Waals surface area contributed by atoms with Gasteiger partial charge in [-0.25, -0.2) is 8.42 Å². The lowest BCUT2D eigenvalue weighted by molar-refractivity contribution is 0.102. The van der Waals surface area contributed by atoms with Gasteiger partial charge in [0, 0.05) is 35.3 Å². The maximum Gasteiger partial charge on any atom is 0.255 e. The zero-order valence-corrected chi connectivity index (χ0v) is 17.1. The van der Waals surface area contributed by atoms with E-state index in [1.54, 1.807) is 44.3 Å². The number of benzene rings is 2. The van der Waals surface area contributed by atoms with Crippen LogP contribution in [0.5, 0.6) is 0 Å². The van der Waals surface area contributed by atoms with E-state index in [1.807, 2.05) is 0 Å². The number of anilines is 1. The van der Waals surface area contributed by atoms with Crippen molar-refractivity contribution in [3.63, 3.8) is 0 Å². The molecule has 0 bridgehead atoms. The Bertz CT molecular complexity index is 1110. The Morgan fingerprint density at radius 3 is 2.39 bits per heavy atom. The number of nitrogens with one attached hydrogen (secondary N) is 1. The molecule has 1 heterocycles. The van der Waals surface area contributed by atoms with Crippen molar-refractivity contribution in [3.05, 3.63) is 65.3 Å². The quantitative estimate of drug-likeness (QED) is 0.652. The summed E-state index contributed by atoms with van der Waals surface area (Å²) in [6.07, 6.45) is 1.59. The van der Waals surface area contributed by atoms with Crippen LogP contribution in [0.25, 0.3) is 10.9 Å². The summed E-state index contributed by atoms with van der Waals surface area (Å²) >= 11 is 5.99. The van der Waals surface area contributed by atoms with E-state index in [4.69, 9.17) is 11.6 Å². The third-order valence-corrected chi connectivity index (χ3v) is 6.71. The number of sulfonamides is 1. The van der Waals surface area contributed by atoms with Crippen LogP contribution in [-0.2, 0) is 10.0 Å². The van der Waals surface area contributed by atoms with Crippen LogP contribution in [0.1, 0.15) is 24.2 Å². The molecule has 0 fully saturated rings. The van der Waals surface area contributed by atoms with Crippen molar-refractivity contribution < 1.29 is 13.2 Å². The molecule has 3 aromatic rings. The summed E-state index contributed by atoms with van der Waals surface area (Å²) in [6.45, 7) is 4.35. The van der Waals surface area contributed by atoms with E-state index < -0.39 is 10.0 Å². The van der Waals surface area contributed by atoms with Crippen molar-refractivity contribution in [2.75, 3.05) is 18.4 Å². The summed E-state index contributed by atoms with van der Waals surface area (Å²) in [4.78, 5) is 17.0. The standard InChI is InChI=1S/C20H20ClN3O3S/c1-3-24(4-2)28(26,27)16-8-5-14(6-9-16)20(25)23-18-11-12-22-19-13-15(21)7-10-17(18)19/h5-13H,3-4H2,1-2H3,(H,22,23,25). The average Bonchev–Trinajstić information content (AvgIpc) is 2.68. The number of carbonyl (C=O) groups is 1. The monoisotopic (exact) mass is 417 g/mol. The van der Waals surface area contributed by atoms with Gasteiger partial charge in [-0.05, 0) is 48.5 Å². The van der Waals surface area contributed by atoms with Crippen LogP contribution in [0.2, 0.25) is 5.02 Å². The van der Waals surface area contributed by atoms with Crippen molar-refractivity contribution >= 4 is 44.1 Å². The topological polar surface area (TPSA) is 79.4 Å². The predicted molar refractivity (Wildman–Crippen MR) is 111 cm³/mol. The van der Waals surface area contributed by atoms with E-state index in [9.17, 15) is 13.2 Å². The number of nitrogens with zero attached hydrogens (tertiary/aromatic N) is 2. The van der Waals surface area contributed by atoms with Gasteiger partial charge in [-0.3, -0.25) is 9.78 Å². The Kier molecular flexibility index (Phi) is 5.98. The minimum Gasteiger partial charge on any atom is -0.321 e. The van der Waals surface area contributed by atoms with Crippen LogP contribution in [0, 0.1) is 0 Å². The van der Waals surface area contributed by atoms with Crippen LogP contribution in [0.3, 0.4) is 0 Å². The summed E-state index contributed by atoms with van der Waals surface area (Å²) in [5, 5.41) is 4.17. The Labute approximate surface area is 169 Å². The third kappa shape index (κ3) is 4.01. The molecule has 0 saturated heterocycles. The number of aromatic nitrogens is 1. The fourth-order valence-corrected chi connectivity index (χ4v) is 4.54. The lowest BCUT2D eigenvalue weighted by Gasteiger charge is -2.18. The molecule has 8 heteroatoms. The molecule has 1 aromatic heterocycles. The van der Waals surface area contributed by atoms with E-state index in [0.29, 0.717) is 34.9 Å². The summed E-state index contributed by atoms with van der Waals surface area (Å²) in [5.74, 6) is -0.339. The fraction of sp³-hybridized carbons (Fsp3) is 0.200. The smallest absolute Gasteiger partial charge is 0.255 e. The van der Waals surface area contributed by atoms with E-state index >= 15 is 0 Å². The van der Waals surface area contributed by atoms with Gasteiger partial charge in [-0.15, -0.1) is 0 Å². The predicted octanol–water partition coefficient (Wildman–Crippen LogP) is 4.17. The van der Waals surface area contributed by atoms with Crippen LogP contribution >= 0.6 is 11.6 Å². The largest absolute Gasteiger partial charge is 0.321 e. The Hall–Kier alpha value is -2.48. The first-order valence-electron chi connectivity index (χ1n) is 8.82. The van der Waals surface area contributed by atoms with Crippen molar-refractivity contribution in [3.8, 4) is 0 Å². The molecule has 2 aromatic carbocycles. The molecule has 1 N–H and O–H groups in total. The first-order valence-corrected chi connectivity index (χ1v) is 10.6. The zero-order chi connectivity index (χ0) is 20.3.